The van der Waals surface area contributed by atoms with Gasteiger partial charge in [-0.05, 0) is 18.1 Å². The van der Waals surface area contributed by atoms with E-state index in [0.29, 0.717) is 0 Å². The van der Waals surface area contributed by atoms with Gasteiger partial charge in [-0.25, -0.2) is 0 Å². The third-order valence-corrected chi connectivity index (χ3v) is 4.27. The van der Waals surface area contributed by atoms with Gasteiger partial charge in [0.25, 0.3) is 0 Å². The zero-order valence-corrected chi connectivity index (χ0v) is 10.2. The Morgan fingerprint density at radius 2 is 2.13 bits per heavy atom. The number of rotatable bonds is 2. The van der Waals surface area contributed by atoms with Gasteiger partial charge in [0.1, 0.15) is 0 Å². The van der Waals surface area contributed by atoms with Gasteiger partial charge in [-0.15, -0.1) is 11.6 Å². The predicted octanol–water partition coefficient (Wildman–Crippen LogP) is 4.71. The fourth-order valence-electron chi connectivity index (χ4n) is 1.49. The third-order valence-electron chi connectivity index (χ3n) is 2.35. The van der Waals surface area contributed by atoms with Crippen LogP contribution in [0.3, 0.4) is 0 Å². The van der Waals surface area contributed by atoms with Crippen LogP contribution in [0.5, 0.6) is 0 Å². The minimum atomic E-state index is 0.130. The molecule has 0 N–H and O–H groups in total. The van der Waals surface area contributed by atoms with E-state index in [-0.39, 0.29) is 5.38 Å². The van der Waals surface area contributed by atoms with Crippen molar-refractivity contribution in [1.82, 2.24) is 0 Å². The lowest BCUT2D eigenvalue weighted by Crippen LogP contribution is -1.97. The van der Waals surface area contributed by atoms with Gasteiger partial charge in [0.15, 0.2) is 0 Å². The van der Waals surface area contributed by atoms with E-state index in [9.17, 15) is 0 Å². The second-order valence-electron chi connectivity index (χ2n) is 3.44. The minimum Gasteiger partial charge on any atom is -0.117 e. The summed E-state index contributed by atoms with van der Waals surface area (Å²) in [6, 6.07) is 8.40. The number of alkyl halides is 1. The Morgan fingerprint density at radius 1 is 1.33 bits per heavy atom. The molecule has 0 radical (unpaired) electrons. The van der Waals surface area contributed by atoms with E-state index in [1.54, 1.807) is 11.8 Å². The Hall–Kier alpha value is -0.660. The molecule has 0 bridgehead atoms. The Bertz CT molecular complexity index is 407. The first kappa shape index (κ1) is 10.8. The van der Waals surface area contributed by atoms with E-state index in [1.807, 2.05) is 0 Å². The second kappa shape index (κ2) is 4.91. The first-order chi connectivity index (χ1) is 7.31. The van der Waals surface area contributed by atoms with E-state index in [2.05, 4.69) is 49.4 Å². The monoisotopic (exact) mass is 236 g/mol. The molecule has 78 valence electrons. The van der Waals surface area contributed by atoms with E-state index in [0.717, 1.165) is 6.42 Å². The first-order valence-electron chi connectivity index (χ1n) is 5.10. The molecule has 0 saturated heterocycles. The average molecular weight is 237 g/mol. The van der Waals surface area contributed by atoms with Crippen molar-refractivity contribution < 1.29 is 0 Å². The van der Waals surface area contributed by atoms with Crippen LogP contribution in [0, 0.1) is 0 Å². The quantitative estimate of drug-likeness (QED) is 0.671. The van der Waals surface area contributed by atoms with Crippen LogP contribution >= 0.6 is 23.4 Å². The van der Waals surface area contributed by atoms with Gasteiger partial charge in [-0.1, -0.05) is 55.1 Å². The van der Waals surface area contributed by atoms with Crippen LogP contribution in [0.2, 0.25) is 0 Å². The van der Waals surface area contributed by atoms with Crippen LogP contribution in [-0.2, 0) is 0 Å². The fraction of sp³-hybridized carbons (Fsp3) is 0.231. The van der Waals surface area contributed by atoms with Crippen molar-refractivity contribution in [2.75, 3.05) is 0 Å². The van der Waals surface area contributed by atoms with Crippen molar-refractivity contribution in [1.29, 1.82) is 0 Å². The number of benzene rings is 1. The van der Waals surface area contributed by atoms with Gasteiger partial charge in [0.05, 0.1) is 5.38 Å². The molecule has 1 aliphatic heterocycles. The van der Waals surface area contributed by atoms with Gasteiger partial charge < -0.3 is 0 Å². The molecule has 0 saturated carbocycles. The molecule has 2 heteroatoms. The summed E-state index contributed by atoms with van der Waals surface area (Å²) in [7, 11) is 0. The summed E-state index contributed by atoms with van der Waals surface area (Å²) in [4.78, 5) is 2.52. The van der Waals surface area contributed by atoms with Crippen molar-refractivity contribution in [3.63, 3.8) is 0 Å². The summed E-state index contributed by atoms with van der Waals surface area (Å²) in [5.41, 5.74) is 1.27. The van der Waals surface area contributed by atoms with Crippen LogP contribution in [0.1, 0.15) is 18.9 Å². The summed E-state index contributed by atoms with van der Waals surface area (Å²) in [5.74, 6) is 0. The largest absolute Gasteiger partial charge is 0.117 e. The Morgan fingerprint density at radius 3 is 2.93 bits per heavy atom. The van der Waals surface area contributed by atoms with Crippen molar-refractivity contribution in [2.24, 2.45) is 0 Å². The van der Waals surface area contributed by atoms with Crippen LogP contribution in [0.15, 0.2) is 46.2 Å². The smallest absolute Gasteiger partial charge is 0.0645 e. The lowest BCUT2D eigenvalue weighted by molar-refractivity contribution is 0.955. The highest BCUT2D eigenvalue weighted by Gasteiger charge is 2.13. The predicted molar refractivity (Wildman–Crippen MR) is 69.3 cm³/mol. The summed E-state index contributed by atoms with van der Waals surface area (Å²) in [6.45, 7) is 2.11. The van der Waals surface area contributed by atoms with Crippen molar-refractivity contribution in [2.45, 2.75) is 23.6 Å². The van der Waals surface area contributed by atoms with E-state index < -0.39 is 0 Å². The molecule has 15 heavy (non-hydrogen) atoms. The number of allylic oxidation sites excluding steroid dienone is 3. The molecule has 0 amide bonds. The Labute approximate surface area is 100 Å². The molecule has 1 unspecified atom stereocenters. The standard InChI is InChI=1S/C13H13ClS/c1-2-11(14)13-9-5-7-10-6-3-4-8-12(10)15-13/h3-9,11H,2H2,1H3. The molecule has 0 nitrogen and oxygen atoms in total. The Kier molecular flexibility index (Phi) is 3.55. The Balaban J connectivity index is 2.31. The minimum absolute atomic E-state index is 0.130. The lowest BCUT2D eigenvalue weighted by Gasteiger charge is -2.11. The van der Waals surface area contributed by atoms with Crippen molar-refractivity contribution in [3.8, 4) is 0 Å². The molecule has 2 rings (SSSR count). The topological polar surface area (TPSA) is 0 Å². The molecule has 1 aromatic carbocycles. The summed E-state index contributed by atoms with van der Waals surface area (Å²) in [6.07, 6.45) is 7.30. The number of thioether (sulfide) groups is 1. The molecule has 0 aromatic heterocycles. The number of fused-ring (bicyclic) bond motifs is 1. The zero-order chi connectivity index (χ0) is 10.7. The molecule has 1 heterocycles. The number of hydrogen-bond acceptors (Lipinski definition) is 1. The molecule has 0 spiro atoms. The van der Waals surface area contributed by atoms with Crippen LogP contribution < -0.4 is 0 Å². The molecule has 1 atom stereocenters. The highest BCUT2D eigenvalue weighted by Crippen LogP contribution is 2.36. The normalized spacial score (nSPS) is 16.5. The fourth-order valence-corrected chi connectivity index (χ4v) is 2.79. The van der Waals surface area contributed by atoms with Crippen molar-refractivity contribution in [3.05, 3.63) is 46.9 Å². The van der Waals surface area contributed by atoms with Gasteiger partial charge in [-0.3, -0.25) is 0 Å². The van der Waals surface area contributed by atoms with Crippen molar-refractivity contribution >= 4 is 29.4 Å². The molecule has 1 aliphatic rings. The second-order valence-corrected chi connectivity index (χ2v) is 5.09. The van der Waals surface area contributed by atoms with Gasteiger partial charge >= 0.3 is 0 Å². The maximum Gasteiger partial charge on any atom is 0.0645 e. The van der Waals surface area contributed by atoms with Crippen LogP contribution in [0.4, 0.5) is 0 Å². The number of hydrogen-bond donors (Lipinski definition) is 0. The SMILES string of the molecule is CCC(Cl)C1=CC=Cc2ccccc2S1. The summed E-state index contributed by atoms with van der Waals surface area (Å²) >= 11 is 8.04. The average Bonchev–Trinajstić information content (AvgIpc) is 2.49. The molecular weight excluding hydrogens is 224 g/mol. The maximum absolute atomic E-state index is 6.26. The summed E-state index contributed by atoms with van der Waals surface area (Å²) in [5, 5.41) is 0.130. The van der Waals surface area contributed by atoms with Crippen LogP contribution in [0.25, 0.3) is 6.08 Å². The third kappa shape index (κ3) is 2.47. The molecule has 0 fully saturated rings. The van der Waals surface area contributed by atoms with E-state index in [1.165, 1.54) is 15.4 Å². The highest BCUT2D eigenvalue weighted by atomic mass is 35.5. The highest BCUT2D eigenvalue weighted by molar-refractivity contribution is 8.03. The molecule has 0 aliphatic carbocycles. The molecule has 1 aromatic rings. The van der Waals surface area contributed by atoms with Crippen LogP contribution in [-0.4, -0.2) is 5.38 Å². The van der Waals surface area contributed by atoms with E-state index >= 15 is 0 Å². The van der Waals surface area contributed by atoms with E-state index in [4.69, 9.17) is 11.6 Å². The lowest BCUT2D eigenvalue weighted by atomic mass is 10.2. The summed E-state index contributed by atoms with van der Waals surface area (Å²) < 4.78 is 0. The molecular formula is C13H13ClS. The first-order valence-corrected chi connectivity index (χ1v) is 6.35. The maximum atomic E-state index is 6.26. The zero-order valence-electron chi connectivity index (χ0n) is 8.61. The van der Waals surface area contributed by atoms with Gasteiger partial charge in [0.2, 0.25) is 0 Å². The van der Waals surface area contributed by atoms with Gasteiger partial charge in [-0.2, -0.15) is 0 Å². The van der Waals surface area contributed by atoms with Gasteiger partial charge in [0, 0.05) is 9.80 Å². The number of halogens is 1.